The standard InChI is InChI=1S/C9H20N2O3S/c1-8(2)15(12,13)10-6-9-7-11(3)4-5-14-9/h8-10H,4-7H2,1-3H3. The van der Waals surface area contributed by atoms with Crippen molar-refractivity contribution in [2.24, 2.45) is 0 Å². The summed E-state index contributed by atoms with van der Waals surface area (Å²) in [7, 11) is -1.16. The lowest BCUT2D eigenvalue weighted by Gasteiger charge is -2.30. The largest absolute Gasteiger partial charge is 0.374 e. The Morgan fingerprint density at radius 1 is 1.53 bits per heavy atom. The molecule has 1 aliphatic rings. The quantitative estimate of drug-likeness (QED) is 0.724. The van der Waals surface area contributed by atoms with Gasteiger partial charge in [0.05, 0.1) is 18.0 Å². The highest BCUT2D eigenvalue weighted by Crippen LogP contribution is 2.03. The van der Waals surface area contributed by atoms with Crippen LogP contribution in [-0.2, 0) is 14.8 Å². The Labute approximate surface area is 91.8 Å². The van der Waals surface area contributed by atoms with Crippen LogP contribution in [0.4, 0.5) is 0 Å². The van der Waals surface area contributed by atoms with E-state index in [1.165, 1.54) is 0 Å². The molecule has 0 saturated carbocycles. The summed E-state index contributed by atoms with van der Waals surface area (Å²) in [5, 5.41) is -0.390. The van der Waals surface area contributed by atoms with Crippen LogP contribution in [0.25, 0.3) is 0 Å². The number of morpholine rings is 1. The van der Waals surface area contributed by atoms with Crippen LogP contribution in [0.2, 0.25) is 0 Å². The van der Waals surface area contributed by atoms with Crippen molar-refractivity contribution in [2.45, 2.75) is 25.2 Å². The van der Waals surface area contributed by atoms with Crippen molar-refractivity contribution in [1.29, 1.82) is 0 Å². The van der Waals surface area contributed by atoms with E-state index in [1.807, 2.05) is 7.05 Å². The van der Waals surface area contributed by atoms with Crippen LogP contribution < -0.4 is 4.72 Å². The molecule has 6 heteroatoms. The van der Waals surface area contributed by atoms with Gasteiger partial charge in [-0.15, -0.1) is 0 Å². The summed E-state index contributed by atoms with van der Waals surface area (Å²) in [6.07, 6.45) is -0.0303. The molecular formula is C9H20N2O3S. The fourth-order valence-corrected chi connectivity index (χ4v) is 2.12. The highest BCUT2D eigenvalue weighted by molar-refractivity contribution is 7.90. The van der Waals surface area contributed by atoms with Gasteiger partial charge < -0.3 is 9.64 Å². The maximum Gasteiger partial charge on any atom is 0.214 e. The van der Waals surface area contributed by atoms with E-state index >= 15 is 0 Å². The summed E-state index contributed by atoms with van der Waals surface area (Å²) in [5.41, 5.74) is 0. The van der Waals surface area contributed by atoms with Gasteiger partial charge in [-0.1, -0.05) is 0 Å². The minimum Gasteiger partial charge on any atom is -0.374 e. The molecule has 0 amide bonds. The first-order valence-corrected chi connectivity index (χ1v) is 6.75. The SMILES string of the molecule is CC(C)S(=O)(=O)NCC1CN(C)CCO1. The van der Waals surface area contributed by atoms with E-state index in [4.69, 9.17) is 4.74 Å². The number of ether oxygens (including phenoxy) is 1. The number of rotatable bonds is 4. The van der Waals surface area contributed by atoms with Gasteiger partial charge in [0.15, 0.2) is 0 Å². The number of nitrogens with one attached hydrogen (secondary N) is 1. The summed E-state index contributed by atoms with van der Waals surface area (Å²) in [6, 6.07) is 0. The third-order valence-electron chi connectivity index (χ3n) is 2.47. The van der Waals surface area contributed by atoms with E-state index in [9.17, 15) is 8.42 Å². The smallest absolute Gasteiger partial charge is 0.214 e. The summed E-state index contributed by atoms with van der Waals surface area (Å²) < 4.78 is 31.0. The molecule has 15 heavy (non-hydrogen) atoms. The average Bonchev–Trinajstić information content (AvgIpc) is 2.15. The lowest BCUT2D eigenvalue weighted by molar-refractivity contribution is -0.0156. The zero-order valence-corrected chi connectivity index (χ0v) is 10.4. The number of hydrogen-bond acceptors (Lipinski definition) is 4. The van der Waals surface area contributed by atoms with E-state index in [2.05, 4.69) is 9.62 Å². The highest BCUT2D eigenvalue weighted by Gasteiger charge is 2.21. The van der Waals surface area contributed by atoms with Crippen molar-refractivity contribution in [1.82, 2.24) is 9.62 Å². The normalized spacial score (nSPS) is 24.7. The van der Waals surface area contributed by atoms with E-state index < -0.39 is 10.0 Å². The van der Waals surface area contributed by atoms with Gasteiger partial charge in [-0.25, -0.2) is 13.1 Å². The number of sulfonamides is 1. The van der Waals surface area contributed by atoms with Crippen molar-refractivity contribution < 1.29 is 13.2 Å². The van der Waals surface area contributed by atoms with Crippen molar-refractivity contribution in [3.05, 3.63) is 0 Å². The molecule has 5 nitrogen and oxygen atoms in total. The third kappa shape index (κ3) is 4.06. The highest BCUT2D eigenvalue weighted by atomic mass is 32.2. The van der Waals surface area contributed by atoms with Crippen molar-refractivity contribution in [2.75, 3.05) is 33.3 Å². The predicted octanol–water partition coefficient (Wildman–Crippen LogP) is -0.355. The lowest BCUT2D eigenvalue weighted by atomic mass is 10.3. The molecule has 0 aromatic carbocycles. The zero-order valence-electron chi connectivity index (χ0n) is 9.56. The maximum atomic E-state index is 11.5. The lowest BCUT2D eigenvalue weighted by Crippen LogP contribution is -2.46. The Bertz CT molecular complexity index is 290. The zero-order chi connectivity index (χ0) is 11.5. The molecule has 1 saturated heterocycles. The van der Waals surface area contributed by atoms with E-state index in [-0.39, 0.29) is 11.4 Å². The van der Waals surface area contributed by atoms with Crippen LogP contribution in [0.1, 0.15) is 13.8 Å². The summed E-state index contributed by atoms with van der Waals surface area (Å²) in [4.78, 5) is 2.14. The second-order valence-corrected chi connectivity index (χ2v) is 6.52. The Hall–Kier alpha value is -0.170. The molecule has 1 atom stereocenters. The molecule has 1 aliphatic heterocycles. The van der Waals surface area contributed by atoms with Crippen LogP contribution in [0, 0.1) is 0 Å². The molecule has 1 heterocycles. The monoisotopic (exact) mass is 236 g/mol. The second kappa shape index (κ2) is 5.25. The van der Waals surface area contributed by atoms with Crippen LogP contribution >= 0.6 is 0 Å². The van der Waals surface area contributed by atoms with Crippen LogP contribution in [0.5, 0.6) is 0 Å². The van der Waals surface area contributed by atoms with Gasteiger partial charge in [0.2, 0.25) is 10.0 Å². The molecule has 0 spiro atoms. The van der Waals surface area contributed by atoms with Gasteiger partial charge in [-0.05, 0) is 20.9 Å². The van der Waals surface area contributed by atoms with Gasteiger partial charge in [0.25, 0.3) is 0 Å². The third-order valence-corrected chi connectivity index (χ3v) is 4.28. The fraction of sp³-hybridized carbons (Fsp3) is 1.00. The average molecular weight is 236 g/mol. The fourth-order valence-electron chi connectivity index (χ4n) is 1.37. The Kier molecular flexibility index (Phi) is 4.51. The van der Waals surface area contributed by atoms with Gasteiger partial charge in [0, 0.05) is 19.6 Å². The molecule has 0 aromatic rings. The van der Waals surface area contributed by atoms with Gasteiger partial charge in [0.1, 0.15) is 0 Å². The first-order valence-electron chi connectivity index (χ1n) is 5.20. The Morgan fingerprint density at radius 3 is 2.73 bits per heavy atom. The van der Waals surface area contributed by atoms with Crippen molar-refractivity contribution in [3.8, 4) is 0 Å². The topological polar surface area (TPSA) is 58.6 Å². The molecule has 0 bridgehead atoms. The van der Waals surface area contributed by atoms with Gasteiger partial charge in [-0.2, -0.15) is 0 Å². The molecule has 1 fully saturated rings. The predicted molar refractivity (Wildman–Crippen MR) is 59.3 cm³/mol. The van der Waals surface area contributed by atoms with Crippen LogP contribution in [0.15, 0.2) is 0 Å². The summed E-state index contributed by atoms with van der Waals surface area (Å²) in [5.74, 6) is 0. The van der Waals surface area contributed by atoms with Crippen molar-refractivity contribution in [3.63, 3.8) is 0 Å². The minimum atomic E-state index is -3.16. The number of likely N-dealkylation sites (N-methyl/N-ethyl adjacent to an activating group) is 1. The Morgan fingerprint density at radius 2 is 2.20 bits per heavy atom. The summed E-state index contributed by atoms with van der Waals surface area (Å²) in [6.45, 7) is 6.05. The van der Waals surface area contributed by atoms with Crippen molar-refractivity contribution >= 4 is 10.0 Å². The number of hydrogen-bond donors (Lipinski definition) is 1. The van der Waals surface area contributed by atoms with E-state index in [0.29, 0.717) is 13.2 Å². The van der Waals surface area contributed by atoms with Gasteiger partial charge in [-0.3, -0.25) is 0 Å². The first-order chi connectivity index (χ1) is 6.92. The molecule has 1 rings (SSSR count). The second-order valence-electron chi connectivity index (χ2n) is 4.20. The molecule has 0 radical (unpaired) electrons. The maximum absolute atomic E-state index is 11.5. The minimum absolute atomic E-state index is 0.0303. The van der Waals surface area contributed by atoms with Crippen LogP contribution in [-0.4, -0.2) is 58.0 Å². The molecular weight excluding hydrogens is 216 g/mol. The molecule has 0 aromatic heterocycles. The first kappa shape index (κ1) is 12.9. The molecule has 0 aliphatic carbocycles. The van der Waals surface area contributed by atoms with E-state index in [0.717, 1.165) is 13.1 Å². The number of nitrogens with zero attached hydrogens (tertiary/aromatic N) is 1. The van der Waals surface area contributed by atoms with Crippen LogP contribution in [0.3, 0.4) is 0 Å². The molecule has 1 N–H and O–H groups in total. The summed E-state index contributed by atoms with van der Waals surface area (Å²) >= 11 is 0. The van der Waals surface area contributed by atoms with Gasteiger partial charge >= 0.3 is 0 Å². The molecule has 1 unspecified atom stereocenters. The molecule has 90 valence electrons. The Balaban J connectivity index is 2.37. The van der Waals surface area contributed by atoms with E-state index in [1.54, 1.807) is 13.8 Å².